The molecule has 0 saturated heterocycles. The van der Waals surface area contributed by atoms with E-state index in [4.69, 9.17) is 18.6 Å². The minimum atomic E-state index is -0.979. The second-order valence-corrected chi connectivity index (χ2v) is 6.73. The Morgan fingerprint density at radius 3 is 2.47 bits per heavy atom. The van der Waals surface area contributed by atoms with Crippen molar-refractivity contribution in [2.24, 2.45) is 0 Å². The van der Waals surface area contributed by atoms with Gasteiger partial charge in [0.05, 0.1) is 27.2 Å². The van der Waals surface area contributed by atoms with Crippen LogP contribution in [0.2, 0.25) is 0 Å². The number of hydrogen-bond donors (Lipinski definition) is 0. The smallest absolute Gasteiger partial charge is 0.336 e. The number of Topliss-reactive ketones (excluding diaryl/α,β-unsaturated/α-hetero) is 1. The normalized spacial score (nSPS) is 11.7. The first-order chi connectivity index (χ1) is 14.4. The zero-order valence-electron chi connectivity index (χ0n) is 17.2. The summed E-state index contributed by atoms with van der Waals surface area (Å²) in [4.78, 5) is 37.8. The number of ether oxygens (including phenoxy) is 3. The van der Waals surface area contributed by atoms with Gasteiger partial charge in [-0.15, -0.1) is 0 Å². The van der Waals surface area contributed by atoms with Crippen LogP contribution in [0.1, 0.15) is 33.8 Å². The summed E-state index contributed by atoms with van der Waals surface area (Å²) in [6.45, 7) is 1.75. The predicted octanol–water partition coefficient (Wildman–Crippen LogP) is 3.65. The number of ketones is 1. The molecule has 7 nitrogen and oxygen atoms in total. The molecule has 1 heterocycles. The van der Waals surface area contributed by atoms with Crippen LogP contribution in [0.3, 0.4) is 0 Å². The number of aryl methyl sites for hydroxylation is 1. The molecule has 1 atom stereocenters. The molecular formula is C23H22O7. The van der Waals surface area contributed by atoms with Gasteiger partial charge in [-0.2, -0.15) is 0 Å². The van der Waals surface area contributed by atoms with Crippen molar-refractivity contribution < 1.29 is 28.2 Å². The molecule has 0 bridgehead atoms. The lowest BCUT2D eigenvalue weighted by Crippen LogP contribution is -2.20. The van der Waals surface area contributed by atoms with Crippen molar-refractivity contribution in [1.29, 1.82) is 0 Å². The summed E-state index contributed by atoms with van der Waals surface area (Å²) in [5, 5.41) is 0.543. The Morgan fingerprint density at radius 2 is 1.80 bits per heavy atom. The molecule has 0 N–H and O–H groups in total. The van der Waals surface area contributed by atoms with Gasteiger partial charge in [0.15, 0.2) is 5.78 Å². The quantitative estimate of drug-likeness (QED) is 0.333. The topological polar surface area (TPSA) is 92.0 Å². The van der Waals surface area contributed by atoms with Gasteiger partial charge in [0.1, 0.15) is 17.1 Å². The molecule has 3 aromatic rings. The van der Waals surface area contributed by atoms with Gasteiger partial charge < -0.3 is 18.6 Å². The molecular weight excluding hydrogens is 388 g/mol. The Balaban J connectivity index is 2.11. The van der Waals surface area contributed by atoms with Gasteiger partial charge in [-0.25, -0.2) is 4.79 Å². The molecule has 0 aliphatic heterocycles. The minimum Gasteiger partial charge on any atom is -0.497 e. The molecule has 0 amide bonds. The van der Waals surface area contributed by atoms with E-state index in [2.05, 4.69) is 0 Å². The van der Waals surface area contributed by atoms with E-state index in [1.165, 1.54) is 27.4 Å². The van der Waals surface area contributed by atoms with E-state index in [1.54, 1.807) is 43.3 Å². The van der Waals surface area contributed by atoms with Gasteiger partial charge in [0.2, 0.25) is 0 Å². The highest BCUT2D eigenvalue weighted by atomic mass is 16.5. The minimum absolute atomic E-state index is 0.177. The Labute approximate surface area is 173 Å². The van der Waals surface area contributed by atoms with E-state index in [-0.39, 0.29) is 12.2 Å². The molecule has 7 heteroatoms. The summed E-state index contributed by atoms with van der Waals surface area (Å²) in [7, 11) is 4.26. The summed E-state index contributed by atoms with van der Waals surface area (Å²) < 4.78 is 20.8. The SMILES string of the molecule is COC(=O)[C@H](CC(=O)c1cccc(OC)c1)c1cc(=O)oc2c(C)c(OC)ccc12. The number of carbonyl (C=O) groups excluding carboxylic acids is 2. The monoisotopic (exact) mass is 410 g/mol. The zero-order valence-corrected chi connectivity index (χ0v) is 17.2. The first-order valence-electron chi connectivity index (χ1n) is 9.26. The molecule has 156 valence electrons. The third-order valence-corrected chi connectivity index (χ3v) is 5.01. The van der Waals surface area contributed by atoms with Crippen molar-refractivity contribution in [3.8, 4) is 11.5 Å². The van der Waals surface area contributed by atoms with Crippen molar-refractivity contribution in [2.45, 2.75) is 19.3 Å². The fourth-order valence-electron chi connectivity index (χ4n) is 3.44. The van der Waals surface area contributed by atoms with Gasteiger partial charge in [-0.3, -0.25) is 9.59 Å². The molecule has 2 aromatic carbocycles. The van der Waals surface area contributed by atoms with Crippen LogP contribution in [0.25, 0.3) is 11.0 Å². The van der Waals surface area contributed by atoms with Crippen LogP contribution in [-0.4, -0.2) is 33.1 Å². The van der Waals surface area contributed by atoms with Gasteiger partial charge in [-0.05, 0) is 36.8 Å². The summed E-state index contributed by atoms with van der Waals surface area (Å²) in [5.74, 6) is -0.801. The molecule has 0 fully saturated rings. The average Bonchev–Trinajstić information content (AvgIpc) is 2.77. The van der Waals surface area contributed by atoms with E-state index >= 15 is 0 Å². The summed E-state index contributed by atoms with van der Waals surface area (Å²) in [6.07, 6.45) is -0.177. The molecule has 3 rings (SSSR count). The van der Waals surface area contributed by atoms with Crippen molar-refractivity contribution in [3.63, 3.8) is 0 Å². The lowest BCUT2D eigenvalue weighted by molar-refractivity contribution is -0.142. The second kappa shape index (κ2) is 8.82. The molecule has 0 unspecified atom stereocenters. The fraction of sp³-hybridized carbons (Fsp3) is 0.261. The van der Waals surface area contributed by atoms with Crippen LogP contribution in [0.15, 0.2) is 51.7 Å². The average molecular weight is 410 g/mol. The summed E-state index contributed by atoms with van der Waals surface area (Å²) >= 11 is 0. The number of esters is 1. The van der Waals surface area contributed by atoms with Crippen molar-refractivity contribution in [2.75, 3.05) is 21.3 Å². The lowest BCUT2D eigenvalue weighted by Gasteiger charge is -2.17. The zero-order chi connectivity index (χ0) is 21.8. The van der Waals surface area contributed by atoms with Crippen LogP contribution < -0.4 is 15.1 Å². The predicted molar refractivity (Wildman–Crippen MR) is 110 cm³/mol. The highest BCUT2D eigenvalue weighted by Crippen LogP contribution is 2.33. The third kappa shape index (κ3) is 4.05. The van der Waals surface area contributed by atoms with E-state index in [9.17, 15) is 14.4 Å². The molecule has 0 spiro atoms. The second-order valence-electron chi connectivity index (χ2n) is 6.73. The van der Waals surface area contributed by atoms with Crippen molar-refractivity contribution in [3.05, 3.63) is 69.6 Å². The maximum atomic E-state index is 12.9. The number of carbonyl (C=O) groups is 2. The molecule has 30 heavy (non-hydrogen) atoms. The molecule has 0 aliphatic carbocycles. The van der Waals surface area contributed by atoms with Crippen LogP contribution >= 0.6 is 0 Å². The van der Waals surface area contributed by atoms with Crippen molar-refractivity contribution in [1.82, 2.24) is 0 Å². The maximum Gasteiger partial charge on any atom is 0.336 e. The molecule has 0 saturated carbocycles. The Kier molecular flexibility index (Phi) is 6.20. The third-order valence-electron chi connectivity index (χ3n) is 5.01. The molecule has 0 radical (unpaired) electrons. The number of rotatable bonds is 7. The van der Waals surface area contributed by atoms with Crippen LogP contribution in [0.4, 0.5) is 0 Å². The number of benzene rings is 2. The maximum absolute atomic E-state index is 12.9. The van der Waals surface area contributed by atoms with E-state index < -0.39 is 17.5 Å². The van der Waals surface area contributed by atoms with Crippen LogP contribution in [-0.2, 0) is 9.53 Å². The lowest BCUT2D eigenvalue weighted by atomic mass is 9.89. The molecule has 1 aromatic heterocycles. The Hall–Kier alpha value is -3.61. The highest BCUT2D eigenvalue weighted by molar-refractivity contribution is 6.01. The Bertz CT molecular complexity index is 1160. The van der Waals surface area contributed by atoms with E-state index in [1.807, 2.05) is 0 Å². The summed E-state index contributed by atoms with van der Waals surface area (Å²) in [5.41, 5.74) is 1.07. The Morgan fingerprint density at radius 1 is 1.03 bits per heavy atom. The largest absolute Gasteiger partial charge is 0.497 e. The first-order valence-corrected chi connectivity index (χ1v) is 9.26. The van der Waals surface area contributed by atoms with Gasteiger partial charge in [-0.1, -0.05) is 12.1 Å². The van der Waals surface area contributed by atoms with Crippen molar-refractivity contribution >= 4 is 22.7 Å². The van der Waals surface area contributed by atoms with Crippen LogP contribution in [0.5, 0.6) is 11.5 Å². The summed E-state index contributed by atoms with van der Waals surface area (Å²) in [6, 6.07) is 11.3. The molecule has 0 aliphatic rings. The van der Waals surface area contributed by atoms with Gasteiger partial charge in [0.25, 0.3) is 0 Å². The number of hydrogen-bond acceptors (Lipinski definition) is 7. The fourth-order valence-corrected chi connectivity index (χ4v) is 3.44. The van der Waals surface area contributed by atoms with Gasteiger partial charge >= 0.3 is 11.6 Å². The van der Waals surface area contributed by atoms with Crippen LogP contribution in [0, 0.1) is 6.92 Å². The van der Waals surface area contributed by atoms with E-state index in [0.717, 1.165) is 0 Å². The number of fused-ring (bicyclic) bond motifs is 1. The standard InChI is InChI=1S/C23H22O7/c1-13-20(28-3)9-8-16-17(12-21(25)30-22(13)16)18(23(26)29-4)11-19(24)14-6-5-7-15(10-14)27-2/h5-10,12,18H,11H2,1-4H3/t18-/m1/s1. The highest BCUT2D eigenvalue weighted by Gasteiger charge is 2.28. The number of methoxy groups -OCH3 is 3. The van der Waals surface area contributed by atoms with Gasteiger partial charge in [0, 0.05) is 29.0 Å². The first kappa shape index (κ1) is 21.1. The van der Waals surface area contributed by atoms with E-state index in [0.29, 0.717) is 39.2 Å².